The molecule has 0 fully saturated rings. The molecule has 3 nitrogen and oxygen atoms in total. The van der Waals surface area contributed by atoms with Crippen LogP contribution in [0.25, 0.3) is 0 Å². The van der Waals surface area contributed by atoms with Gasteiger partial charge in [-0.25, -0.2) is 0 Å². The molecule has 0 radical (unpaired) electrons. The van der Waals surface area contributed by atoms with Gasteiger partial charge in [-0.05, 0) is 12.3 Å². The van der Waals surface area contributed by atoms with Gasteiger partial charge in [0.2, 0.25) is 0 Å². The van der Waals surface area contributed by atoms with Gasteiger partial charge in [0.1, 0.15) is 0 Å². The lowest BCUT2D eigenvalue weighted by Gasteiger charge is -2.04. The SMILES string of the molecule is CC(C)CCCCCCCCCCO[PH](=O)O. The van der Waals surface area contributed by atoms with Crippen LogP contribution in [0.2, 0.25) is 0 Å². The van der Waals surface area contributed by atoms with E-state index in [1.807, 2.05) is 0 Å². The van der Waals surface area contributed by atoms with Crippen molar-refractivity contribution in [3.63, 3.8) is 0 Å². The average Bonchev–Trinajstić information content (AvgIpc) is 2.25. The van der Waals surface area contributed by atoms with Crippen molar-refractivity contribution in [2.24, 2.45) is 5.92 Å². The van der Waals surface area contributed by atoms with Crippen LogP contribution in [0.5, 0.6) is 0 Å². The molecule has 0 bridgehead atoms. The molecule has 0 spiro atoms. The van der Waals surface area contributed by atoms with Crippen molar-refractivity contribution in [3.8, 4) is 0 Å². The number of rotatable bonds is 12. The Kier molecular flexibility index (Phi) is 12.7. The second-order valence-electron chi connectivity index (χ2n) is 5.13. The maximum absolute atomic E-state index is 10.2. The Morgan fingerprint density at radius 1 is 0.941 bits per heavy atom. The molecule has 0 saturated carbocycles. The van der Waals surface area contributed by atoms with Gasteiger partial charge in [0.05, 0.1) is 6.61 Å². The molecular weight excluding hydrogens is 235 g/mol. The Morgan fingerprint density at radius 3 is 1.88 bits per heavy atom. The topological polar surface area (TPSA) is 46.5 Å². The fourth-order valence-corrected chi connectivity index (χ4v) is 2.19. The first-order chi connectivity index (χ1) is 8.13. The summed E-state index contributed by atoms with van der Waals surface area (Å²) in [6.45, 7) is 4.99. The average molecular weight is 264 g/mol. The smallest absolute Gasteiger partial charge is 0.316 e. The molecular formula is C13H29O3P. The van der Waals surface area contributed by atoms with Crippen molar-refractivity contribution < 1.29 is 14.0 Å². The molecule has 1 atom stereocenters. The highest BCUT2D eigenvalue weighted by Gasteiger charge is 1.96. The van der Waals surface area contributed by atoms with Crippen LogP contribution < -0.4 is 0 Å². The summed E-state index contributed by atoms with van der Waals surface area (Å²) in [6.07, 6.45) is 11.3. The maximum Gasteiger partial charge on any atom is 0.316 e. The van der Waals surface area contributed by atoms with Crippen molar-refractivity contribution >= 4 is 8.25 Å². The summed E-state index contributed by atoms with van der Waals surface area (Å²) in [7, 11) is -2.70. The summed E-state index contributed by atoms with van der Waals surface area (Å²) in [5, 5.41) is 0. The van der Waals surface area contributed by atoms with Gasteiger partial charge < -0.3 is 9.42 Å². The van der Waals surface area contributed by atoms with E-state index in [0.717, 1.165) is 18.8 Å². The molecule has 17 heavy (non-hydrogen) atoms. The number of unbranched alkanes of at least 4 members (excludes halogenated alkanes) is 7. The Bertz CT molecular complexity index is 184. The van der Waals surface area contributed by atoms with Gasteiger partial charge in [-0.15, -0.1) is 0 Å². The minimum Gasteiger partial charge on any atom is -0.326 e. The Morgan fingerprint density at radius 2 is 1.41 bits per heavy atom. The summed E-state index contributed by atoms with van der Waals surface area (Å²) in [6, 6.07) is 0. The summed E-state index contributed by atoms with van der Waals surface area (Å²) in [5.74, 6) is 0.842. The van der Waals surface area contributed by atoms with E-state index in [-0.39, 0.29) is 0 Å². The normalized spacial score (nSPS) is 13.2. The van der Waals surface area contributed by atoms with Crippen LogP contribution in [0.1, 0.15) is 71.6 Å². The predicted molar refractivity (Wildman–Crippen MR) is 73.6 cm³/mol. The van der Waals surface area contributed by atoms with Crippen LogP contribution in [0, 0.1) is 5.92 Å². The second kappa shape index (κ2) is 12.6. The second-order valence-corrected chi connectivity index (χ2v) is 5.95. The largest absolute Gasteiger partial charge is 0.326 e. The lowest BCUT2D eigenvalue weighted by atomic mass is 10.0. The van der Waals surface area contributed by atoms with Crippen LogP contribution >= 0.6 is 8.25 Å². The Balaban J connectivity index is 2.96. The van der Waals surface area contributed by atoms with E-state index in [1.54, 1.807) is 0 Å². The van der Waals surface area contributed by atoms with E-state index >= 15 is 0 Å². The zero-order valence-electron chi connectivity index (χ0n) is 11.4. The van der Waals surface area contributed by atoms with Gasteiger partial charge in [-0.2, -0.15) is 0 Å². The van der Waals surface area contributed by atoms with Crippen LogP contribution in [-0.4, -0.2) is 11.5 Å². The molecule has 0 aliphatic heterocycles. The van der Waals surface area contributed by atoms with E-state index in [2.05, 4.69) is 18.4 Å². The first-order valence-electron chi connectivity index (χ1n) is 6.98. The minimum absolute atomic E-state index is 0.433. The van der Waals surface area contributed by atoms with Crippen LogP contribution in [-0.2, 0) is 9.09 Å². The molecule has 0 aliphatic rings. The van der Waals surface area contributed by atoms with Crippen LogP contribution in [0.3, 0.4) is 0 Å². The molecule has 0 aromatic rings. The van der Waals surface area contributed by atoms with Gasteiger partial charge in [-0.1, -0.05) is 65.2 Å². The summed E-state index contributed by atoms with van der Waals surface area (Å²) < 4.78 is 14.9. The summed E-state index contributed by atoms with van der Waals surface area (Å²) >= 11 is 0. The molecule has 0 aliphatic carbocycles. The Hall–Kier alpha value is 0.150. The van der Waals surface area contributed by atoms with Gasteiger partial charge in [0.25, 0.3) is 0 Å². The van der Waals surface area contributed by atoms with Crippen molar-refractivity contribution in [3.05, 3.63) is 0 Å². The van der Waals surface area contributed by atoms with Crippen molar-refractivity contribution in [1.29, 1.82) is 0 Å². The molecule has 0 heterocycles. The first-order valence-corrected chi connectivity index (χ1v) is 8.25. The molecule has 1 N–H and O–H groups in total. The highest BCUT2D eigenvalue weighted by Crippen LogP contribution is 2.16. The molecule has 0 aromatic carbocycles. The minimum atomic E-state index is -2.70. The molecule has 1 unspecified atom stereocenters. The highest BCUT2D eigenvalue weighted by atomic mass is 31.1. The molecule has 0 rings (SSSR count). The van der Waals surface area contributed by atoms with Crippen LogP contribution in [0.15, 0.2) is 0 Å². The van der Waals surface area contributed by atoms with Gasteiger partial charge >= 0.3 is 8.25 Å². The molecule has 104 valence electrons. The lowest BCUT2D eigenvalue weighted by Crippen LogP contribution is -1.88. The molecule has 0 saturated heterocycles. The maximum atomic E-state index is 10.2. The Labute approximate surface area is 107 Å². The molecule has 4 heteroatoms. The van der Waals surface area contributed by atoms with Gasteiger partial charge in [0, 0.05) is 0 Å². The standard InChI is InChI=1S/C13H29O3P/c1-13(2)11-9-7-5-3-4-6-8-10-12-16-17(14)15/h13,17H,3-12H2,1-2H3,(H,14,15). The van der Waals surface area contributed by atoms with Crippen molar-refractivity contribution in [1.82, 2.24) is 0 Å². The molecule has 0 amide bonds. The van der Waals surface area contributed by atoms with E-state index in [9.17, 15) is 4.57 Å². The number of hydrogen-bond donors (Lipinski definition) is 1. The summed E-state index contributed by atoms with van der Waals surface area (Å²) in [4.78, 5) is 8.44. The van der Waals surface area contributed by atoms with Crippen molar-refractivity contribution in [2.75, 3.05) is 6.61 Å². The number of hydrogen-bond acceptors (Lipinski definition) is 2. The molecule has 0 aromatic heterocycles. The predicted octanol–water partition coefficient (Wildman–Crippen LogP) is 4.55. The lowest BCUT2D eigenvalue weighted by molar-refractivity contribution is 0.273. The van der Waals surface area contributed by atoms with Crippen LogP contribution in [0.4, 0.5) is 0 Å². The fraction of sp³-hybridized carbons (Fsp3) is 1.00. The van der Waals surface area contributed by atoms with Gasteiger partial charge in [0.15, 0.2) is 0 Å². The van der Waals surface area contributed by atoms with E-state index in [4.69, 9.17) is 4.89 Å². The zero-order valence-corrected chi connectivity index (χ0v) is 12.4. The third-order valence-electron chi connectivity index (χ3n) is 2.90. The van der Waals surface area contributed by atoms with E-state index in [1.165, 1.54) is 44.9 Å². The zero-order chi connectivity index (χ0) is 12.9. The monoisotopic (exact) mass is 264 g/mol. The fourth-order valence-electron chi connectivity index (χ4n) is 1.87. The van der Waals surface area contributed by atoms with E-state index in [0.29, 0.717) is 6.61 Å². The quantitative estimate of drug-likeness (QED) is 0.415. The third-order valence-corrected chi connectivity index (χ3v) is 3.35. The summed E-state index contributed by atoms with van der Waals surface area (Å²) in [5.41, 5.74) is 0. The highest BCUT2D eigenvalue weighted by molar-refractivity contribution is 7.32. The van der Waals surface area contributed by atoms with Crippen molar-refractivity contribution in [2.45, 2.75) is 71.6 Å². The van der Waals surface area contributed by atoms with Gasteiger partial charge in [-0.3, -0.25) is 4.57 Å². The first kappa shape index (κ1) is 17.2. The third kappa shape index (κ3) is 16.1. The van der Waals surface area contributed by atoms with E-state index < -0.39 is 8.25 Å².